The summed E-state index contributed by atoms with van der Waals surface area (Å²) in [4.78, 5) is 0. The average molecular weight is 273 g/mol. The van der Waals surface area contributed by atoms with E-state index in [4.69, 9.17) is 11.5 Å². The van der Waals surface area contributed by atoms with Crippen molar-refractivity contribution in [1.29, 1.82) is 0 Å². The van der Waals surface area contributed by atoms with Gasteiger partial charge in [0.05, 0.1) is 0 Å². The van der Waals surface area contributed by atoms with Crippen LogP contribution >= 0.6 is 24.8 Å². The lowest BCUT2D eigenvalue weighted by Crippen LogP contribution is -2.31. The minimum absolute atomic E-state index is 0. The number of benzene rings is 2. The van der Waals surface area contributed by atoms with Crippen molar-refractivity contribution in [2.24, 2.45) is 11.5 Å². The first-order chi connectivity index (χ1) is 7.31. The van der Waals surface area contributed by atoms with Gasteiger partial charge in [0.1, 0.15) is 0 Å². The van der Waals surface area contributed by atoms with Crippen molar-refractivity contribution in [1.82, 2.24) is 0 Å². The zero-order valence-electron chi connectivity index (χ0n) is 9.50. The number of nitrogens with two attached hydrogens (primary N) is 2. The SMILES string of the molecule is Cl.Cl.NC[C@@H](N)Cc1cccc2ccccc12. The van der Waals surface area contributed by atoms with Crippen molar-refractivity contribution in [3.63, 3.8) is 0 Å². The maximum absolute atomic E-state index is 5.87. The van der Waals surface area contributed by atoms with Crippen LogP contribution in [0.5, 0.6) is 0 Å². The van der Waals surface area contributed by atoms with Crippen molar-refractivity contribution in [3.8, 4) is 0 Å². The van der Waals surface area contributed by atoms with Crippen LogP contribution in [0.3, 0.4) is 0 Å². The maximum atomic E-state index is 5.87. The summed E-state index contributed by atoms with van der Waals surface area (Å²) < 4.78 is 0. The van der Waals surface area contributed by atoms with Gasteiger partial charge in [-0.2, -0.15) is 0 Å². The summed E-state index contributed by atoms with van der Waals surface area (Å²) in [6.45, 7) is 0.531. The molecule has 4 N–H and O–H groups in total. The third-order valence-electron chi connectivity index (χ3n) is 2.66. The van der Waals surface area contributed by atoms with Crippen LogP contribution < -0.4 is 11.5 Å². The molecule has 0 spiro atoms. The Balaban J connectivity index is 0.00000128. The third kappa shape index (κ3) is 3.86. The highest BCUT2D eigenvalue weighted by Crippen LogP contribution is 2.19. The van der Waals surface area contributed by atoms with Crippen LogP contribution in [0.1, 0.15) is 5.56 Å². The molecule has 94 valence electrons. The highest BCUT2D eigenvalue weighted by atomic mass is 35.5. The monoisotopic (exact) mass is 272 g/mol. The lowest BCUT2D eigenvalue weighted by atomic mass is 9.99. The topological polar surface area (TPSA) is 52.0 Å². The van der Waals surface area contributed by atoms with E-state index in [1.54, 1.807) is 0 Å². The van der Waals surface area contributed by atoms with E-state index in [9.17, 15) is 0 Å². The second-order valence-corrected chi connectivity index (χ2v) is 3.84. The normalized spacial score (nSPS) is 11.4. The van der Waals surface area contributed by atoms with Crippen LogP contribution in [-0.2, 0) is 6.42 Å². The predicted octanol–water partition coefficient (Wildman–Crippen LogP) is 2.51. The van der Waals surface area contributed by atoms with E-state index < -0.39 is 0 Å². The fourth-order valence-corrected chi connectivity index (χ4v) is 1.84. The number of hydrogen-bond acceptors (Lipinski definition) is 2. The first-order valence-electron chi connectivity index (χ1n) is 5.23. The summed E-state index contributed by atoms with van der Waals surface area (Å²) in [6.07, 6.45) is 0.845. The fourth-order valence-electron chi connectivity index (χ4n) is 1.84. The van der Waals surface area contributed by atoms with Crippen LogP contribution in [0.15, 0.2) is 42.5 Å². The zero-order valence-corrected chi connectivity index (χ0v) is 11.1. The van der Waals surface area contributed by atoms with Crippen LogP contribution in [-0.4, -0.2) is 12.6 Å². The molecule has 0 unspecified atom stereocenters. The van der Waals surface area contributed by atoms with Crippen LogP contribution in [0, 0.1) is 0 Å². The molecule has 0 aromatic heterocycles. The molecule has 17 heavy (non-hydrogen) atoms. The van der Waals surface area contributed by atoms with Crippen molar-refractivity contribution < 1.29 is 0 Å². The standard InChI is InChI=1S/C13H16N2.2ClH/c14-9-12(15)8-11-6-3-5-10-4-1-2-7-13(10)11;;/h1-7,12H,8-9,14-15H2;2*1H/t12-;;/m0../s1. The van der Waals surface area contributed by atoms with Crippen LogP contribution in [0.4, 0.5) is 0 Å². The number of fused-ring (bicyclic) bond motifs is 1. The third-order valence-corrected chi connectivity index (χ3v) is 2.66. The molecule has 2 aromatic carbocycles. The molecule has 1 atom stereocenters. The summed E-state index contributed by atoms with van der Waals surface area (Å²) in [5, 5.41) is 2.54. The largest absolute Gasteiger partial charge is 0.329 e. The summed E-state index contributed by atoms with van der Waals surface area (Å²) >= 11 is 0. The van der Waals surface area contributed by atoms with E-state index in [-0.39, 0.29) is 30.9 Å². The van der Waals surface area contributed by atoms with Crippen molar-refractivity contribution in [3.05, 3.63) is 48.0 Å². The molecule has 2 rings (SSSR count). The second kappa shape index (κ2) is 7.51. The molecule has 2 nitrogen and oxygen atoms in total. The molecule has 0 aliphatic carbocycles. The Morgan fingerprint density at radius 1 is 0.941 bits per heavy atom. The molecule has 2 aromatic rings. The molecule has 0 saturated carbocycles. The first kappa shape index (κ1) is 16.2. The maximum Gasteiger partial charge on any atom is 0.0204 e. The van der Waals surface area contributed by atoms with Crippen molar-refractivity contribution in [2.75, 3.05) is 6.54 Å². The lowest BCUT2D eigenvalue weighted by molar-refractivity contribution is 0.681. The predicted molar refractivity (Wildman–Crippen MR) is 79.2 cm³/mol. The molecule has 0 radical (unpaired) electrons. The summed E-state index contributed by atoms with van der Waals surface area (Å²) in [5.41, 5.74) is 12.7. The molecule has 0 heterocycles. The Morgan fingerprint density at radius 3 is 2.29 bits per heavy atom. The highest BCUT2D eigenvalue weighted by Gasteiger charge is 2.04. The summed E-state index contributed by atoms with van der Waals surface area (Å²) in [5.74, 6) is 0. The minimum Gasteiger partial charge on any atom is -0.329 e. The highest BCUT2D eigenvalue weighted by molar-refractivity contribution is 5.86. The van der Waals surface area contributed by atoms with Gasteiger partial charge in [0.15, 0.2) is 0 Å². The zero-order chi connectivity index (χ0) is 10.7. The molecule has 4 heteroatoms. The Kier molecular flexibility index (Phi) is 7.16. The van der Waals surface area contributed by atoms with E-state index in [2.05, 4.69) is 42.5 Å². The van der Waals surface area contributed by atoms with Gasteiger partial charge in [-0.05, 0) is 22.8 Å². The molecule has 0 saturated heterocycles. The smallest absolute Gasteiger partial charge is 0.0204 e. The number of rotatable bonds is 3. The van der Waals surface area contributed by atoms with Crippen molar-refractivity contribution in [2.45, 2.75) is 12.5 Å². The van der Waals surface area contributed by atoms with Gasteiger partial charge in [-0.15, -0.1) is 24.8 Å². The molecule has 0 bridgehead atoms. The van der Waals surface area contributed by atoms with Gasteiger partial charge in [-0.1, -0.05) is 42.5 Å². The van der Waals surface area contributed by atoms with E-state index in [0.717, 1.165) is 6.42 Å². The quantitative estimate of drug-likeness (QED) is 0.902. The van der Waals surface area contributed by atoms with Gasteiger partial charge >= 0.3 is 0 Å². The number of halogens is 2. The van der Waals surface area contributed by atoms with E-state index in [1.807, 2.05) is 0 Å². The van der Waals surface area contributed by atoms with E-state index >= 15 is 0 Å². The van der Waals surface area contributed by atoms with E-state index in [1.165, 1.54) is 16.3 Å². The molecular formula is C13H18Cl2N2. The Labute approximate surface area is 114 Å². The Hall–Kier alpha value is -0.800. The first-order valence-corrected chi connectivity index (χ1v) is 5.23. The molecule has 0 aliphatic rings. The Bertz CT molecular complexity index is 455. The summed E-state index contributed by atoms with van der Waals surface area (Å²) in [7, 11) is 0. The van der Waals surface area contributed by atoms with Crippen LogP contribution in [0.25, 0.3) is 10.8 Å². The molecule has 0 aliphatic heterocycles. The van der Waals surface area contributed by atoms with Crippen molar-refractivity contribution >= 4 is 35.6 Å². The van der Waals surface area contributed by atoms with Gasteiger partial charge in [0.2, 0.25) is 0 Å². The van der Waals surface area contributed by atoms with Gasteiger partial charge < -0.3 is 11.5 Å². The molecular weight excluding hydrogens is 255 g/mol. The number of hydrogen-bond donors (Lipinski definition) is 2. The summed E-state index contributed by atoms with van der Waals surface area (Å²) in [6, 6.07) is 14.7. The van der Waals surface area contributed by atoms with Crippen LogP contribution in [0.2, 0.25) is 0 Å². The minimum atomic E-state index is 0. The van der Waals surface area contributed by atoms with Gasteiger partial charge in [-0.25, -0.2) is 0 Å². The molecule has 0 fully saturated rings. The average Bonchev–Trinajstić information content (AvgIpc) is 2.29. The fraction of sp³-hybridized carbons (Fsp3) is 0.231. The van der Waals surface area contributed by atoms with Gasteiger partial charge in [0.25, 0.3) is 0 Å². The second-order valence-electron chi connectivity index (χ2n) is 3.84. The Morgan fingerprint density at radius 2 is 1.59 bits per heavy atom. The molecule has 0 amide bonds. The lowest BCUT2D eigenvalue weighted by Gasteiger charge is -2.11. The van der Waals surface area contributed by atoms with Gasteiger partial charge in [-0.3, -0.25) is 0 Å². The van der Waals surface area contributed by atoms with Gasteiger partial charge in [0, 0.05) is 12.6 Å². The van der Waals surface area contributed by atoms with E-state index in [0.29, 0.717) is 6.54 Å².